The van der Waals surface area contributed by atoms with Gasteiger partial charge in [-0.2, -0.15) is 0 Å². The summed E-state index contributed by atoms with van der Waals surface area (Å²) < 4.78 is 5.56. The highest BCUT2D eigenvalue weighted by Crippen LogP contribution is 2.40. The van der Waals surface area contributed by atoms with E-state index < -0.39 is 0 Å². The maximum Gasteiger partial charge on any atom is 0.0594 e. The number of nitrogens with one attached hydrogen (secondary N) is 1. The van der Waals surface area contributed by atoms with E-state index in [1.807, 2.05) is 0 Å². The molecule has 1 saturated carbocycles. The first-order valence-corrected chi connectivity index (χ1v) is 8.39. The van der Waals surface area contributed by atoms with Crippen LogP contribution in [-0.4, -0.2) is 49.3 Å². The summed E-state index contributed by atoms with van der Waals surface area (Å²) in [5, 5.41) is 3.87. The quantitative estimate of drug-likeness (QED) is 0.768. The minimum atomic E-state index is 0.426. The van der Waals surface area contributed by atoms with E-state index in [-0.39, 0.29) is 0 Å². The van der Waals surface area contributed by atoms with Gasteiger partial charge in [-0.3, -0.25) is 4.90 Å². The third kappa shape index (κ3) is 3.50. The van der Waals surface area contributed by atoms with Crippen molar-refractivity contribution in [2.24, 2.45) is 0 Å². The molecule has 0 aromatic heterocycles. The Labute approximate surface area is 119 Å². The summed E-state index contributed by atoms with van der Waals surface area (Å²) in [6, 6.07) is 0.679. The number of nitrogens with zero attached hydrogens (tertiary/aromatic N) is 1. The molecular weight excluding hydrogens is 236 g/mol. The second-order valence-corrected chi connectivity index (χ2v) is 6.21. The Hall–Kier alpha value is -0.120. The van der Waals surface area contributed by atoms with E-state index in [2.05, 4.69) is 24.1 Å². The number of morpholine rings is 1. The van der Waals surface area contributed by atoms with Crippen molar-refractivity contribution < 1.29 is 4.74 Å². The van der Waals surface area contributed by atoms with Gasteiger partial charge in [0.1, 0.15) is 0 Å². The molecule has 0 bridgehead atoms. The fraction of sp³-hybridized carbons (Fsp3) is 1.00. The van der Waals surface area contributed by atoms with Crippen molar-refractivity contribution in [3.05, 3.63) is 0 Å². The Morgan fingerprint density at radius 1 is 1.11 bits per heavy atom. The first-order valence-electron chi connectivity index (χ1n) is 8.39. The van der Waals surface area contributed by atoms with Crippen LogP contribution in [-0.2, 0) is 4.74 Å². The Morgan fingerprint density at radius 3 is 2.37 bits per heavy atom. The van der Waals surface area contributed by atoms with Crippen LogP contribution < -0.4 is 5.32 Å². The normalized spacial score (nSPS) is 25.6. The molecule has 2 rings (SSSR count). The molecule has 0 spiro atoms. The number of hydrogen-bond acceptors (Lipinski definition) is 3. The molecule has 3 heteroatoms. The molecule has 0 aromatic carbocycles. The topological polar surface area (TPSA) is 24.5 Å². The van der Waals surface area contributed by atoms with Gasteiger partial charge >= 0.3 is 0 Å². The average molecular weight is 268 g/mol. The molecule has 1 unspecified atom stereocenters. The van der Waals surface area contributed by atoms with Gasteiger partial charge in [0.25, 0.3) is 0 Å². The van der Waals surface area contributed by atoms with E-state index in [0.717, 1.165) is 32.8 Å². The van der Waals surface area contributed by atoms with Gasteiger partial charge in [0.2, 0.25) is 0 Å². The maximum atomic E-state index is 5.56. The molecule has 2 fully saturated rings. The van der Waals surface area contributed by atoms with E-state index in [1.165, 1.54) is 44.9 Å². The van der Waals surface area contributed by atoms with E-state index >= 15 is 0 Å². The minimum absolute atomic E-state index is 0.426. The molecular formula is C16H32N2O. The molecule has 1 aliphatic heterocycles. The van der Waals surface area contributed by atoms with Crippen molar-refractivity contribution >= 4 is 0 Å². The van der Waals surface area contributed by atoms with Crippen LogP contribution in [0.1, 0.15) is 58.8 Å². The molecule has 2 aliphatic rings. The maximum absolute atomic E-state index is 5.56. The highest BCUT2D eigenvalue weighted by molar-refractivity contribution is 5.04. The van der Waals surface area contributed by atoms with E-state index in [0.29, 0.717) is 11.6 Å². The second kappa shape index (κ2) is 7.61. The summed E-state index contributed by atoms with van der Waals surface area (Å²) in [5.41, 5.74) is 0.426. The van der Waals surface area contributed by atoms with E-state index in [4.69, 9.17) is 4.74 Å². The molecule has 1 saturated heterocycles. The van der Waals surface area contributed by atoms with Gasteiger partial charge in [-0.15, -0.1) is 0 Å². The first kappa shape index (κ1) is 15.3. The summed E-state index contributed by atoms with van der Waals surface area (Å²) >= 11 is 0. The van der Waals surface area contributed by atoms with Crippen LogP contribution in [0.15, 0.2) is 0 Å². The fourth-order valence-electron chi connectivity index (χ4n) is 4.05. The number of hydrogen-bond donors (Lipinski definition) is 1. The zero-order chi connectivity index (χ0) is 13.6. The van der Waals surface area contributed by atoms with Gasteiger partial charge < -0.3 is 10.1 Å². The molecule has 3 nitrogen and oxygen atoms in total. The van der Waals surface area contributed by atoms with Crippen molar-refractivity contribution in [3.8, 4) is 0 Å². The Kier molecular flexibility index (Phi) is 6.11. The second-order valence-electron chi connectivity index (χ2n) is 6.21. The van der Waals surface area contributed by atoms with Crippen LogP contribution in [0.2, 0.25) is 0 Å². The zero-order valence-corrected chi connectivity index (χ0v) is 12.9. The standard InChI is InChI=1S/C16H32N2O/c1-3-7-15(17-10-4-2)16(8-5-6-9-16)18-11-13-19-14-12-18/h15,17H,3-14H2,1-2H3. The number of ether oxygens (including phenoxy) is 1. The van der Waals surface area contributed by atoms with Crippen LogP contribution in [0.3, 0.4) is 0 Å². The van der Waals surface area contributed by atoms with Gasteiger partial charge in [0, 0.05) is 24.7 Å². The van der Waals surface area contributed by atoms with E-state index in [1.54, 1.807) is 0 Å². The minimum Gasteiger partial charge on any atom is -0.379 e. The molecule has 0 amide bonds. The predicted molar refractivity (Wildman–Crippen MR) is 80.6 cm³/mol. The number of rotatable bonds is 7. The smallest absolute Gasteiger partial charge is 0.0594 e. The average Bonchev–Trinajstić information content (AvgIpc) is 2.95. The van der Waals surface area contributed by atoms with Crippen molar-refractivity contribution in [1.29, 1.82) is 0 Å². The summed E-state index contributed by atoms with van der Waals surface area (Å²) in [7, 11) is 0. The lowest BCUT2D eigenvalue weighted by Crippen LogP contribution is -2.62. The summed E-state index contributed by atoms with van der Waals surface area (Å²) in [6.45, 7) is 9.87. The van der Waals surface area contributed by atoms with Crippen LogP contribution >= 0.6 is 0 Å². The zero-order valence-electron chi connectivity index (χ0n) is 12.9. The summed E-state index contributed by atoms with van der Waals surface area (Å²) in [4.78, 5) is 2.76. The molecule has 1 atom stereocenters. The molecule has 0 aromatic rings. The highest BCUT2D eigenvalue weighted by Gasteiger charge is 2.45. The molecule has 1 aliphatic carbocycles. The fourth-order valence-corrected chi connectivity index (χ4v) is 4.05. The van der Waals surface area contributed by atoms with Crippen molar-refractivity contribution in [2.75, 3.05) is 32.8 Å². The van der Waals surface area contributed by atoms with Gasteiger partial charge in [0.05, 0.1) is 13.2 Å². The lowest BCUT2D eigenvalue weighted by atomic mass is 9.83. The molecule has 1 N–H and O–H groups in total. The van der Waals surface area contributed by atoms with Gasteiger partial charge in [-0.25, -0.2) is 0 Å². The van der Waals surface area contributed by atoms with Crippen molar-refractivity contribution in [3.63, 3.8) is 0 Å². The molecule has 0 radical (unpaired) electrons. The third-order valence-electron chi connectivity index (χ3n) is 4.98. The van der Waals surface area contributed by atoms with Crippen molar-refractivity contribution in [2.45, 2.75) is 70.4 Å². The molecule has 1 heterocycles. The SMILES string of the molecule is CCCNC(CCC)C1(N2CCOCC2)CCCC1. The van der Waals surface area contributed by atoms with Crippen LogP contribution in [0.25, 0.3) is 0 Å². The largest absolute Gasteiger partial charge is 0.379 e. The Morgan fingerprint density at radius 2 is 1.79 bits per heavy atom. The van der Waals surface area contributed by atoms with Crippen LogP contribution in [0.5, 0.6) is 0 Å². The molecule has 112 valence electrons. The Bertz CT molecular complexity index is 245. The summed E-state index contributed by atoms with van der Waals surface area (Å²) in [5.74, 6) is 0. The first-order chi connectivity index (χ1) is 9.33. The van der Waals surface area contributed by atoms with Gasteiger partial charge in [-0.05, 0) is 32.2 Å². The summed E-state index contributed by atoms with van der Waals surface area (Å²) in [6.07, 6.45) is 9.42. The third-order valence-corrected chi connectivity index (χ3v) is 4.98. The lowest BCUT2D eigenvalue weighted by Gasteiger charge is -2.48. The van der Waals surface area contributed by atoms with Crippen LogP contribution in [0.4, 0.5) is 0 Å². The van der Waals surface area contributed by atoms with E-state index in [9.17, 15) is 0 Å². The van der Waals surface area contributed by atoms with Crippen LogP contribution in [0, 0.1) is 0 Å². The lowest BCUT2D eigenvalue weighted by molar-refractivity contribution is -0.0369. The van der Waals surface area contributed by atoms with Gasteiger partial charge in [-0.1, -0.05) is 33.1 Å². The molecule has 19 heavy (non-hydrogen) atoms. The Balaban J connectivity index is 2.09. The van der Waals surface area contributed by atoms with Crippen molar-refractivity contribution in [1.82, 2.24) is 10.2 Å². The highest BCUT2D eigenvalue weighted by atomic mass is 16.5. The van der Waals surface area contributed by atoms with Gasteiger partial charge in [0.15, 0.2) is 0 Å². The predicted octanol–water partition coefficient (Wildman–Crippen LogP) is 2.80. The monoisotopic (exact) mass is 268 g/mol.